The number of phosphoric ester groups is 1. The quantitative estimate of drug-likeness (QED) is 0.0973. The molecular weight excluding hydrogens is 944 g/mol. The third kappa shape index (κ3) is 10.0. The number of ether oxygens (including phenoxy) is 2. The lowest BCUT2D eigenvalue weighted by Crippen LogP contribution is -2.70. The van der Waals surface area contributed by atoms with Gasteiger partial charge in [0, 0.05) is 33.2 Å². The van der Waals surface area contributed by atoms with Crippen molar-refractivity contribution in [1.82, 2.24) is 10.6 Å². The number of fused-ring (bicyclic) bond motifs is 7. The number of carboxylic acids is 1. The maximum absolute atomic E-state index is 17.9. The molecular formula is C48H58F2N3O14PS. The second kappa shape index (κ2) is 19.9. The van der Waals surface area contributed by atoms with Crippen molar-refractivity contribution in [3.63, 3.8) is 0 Å². The molecule has 1 aliphatic heterocycles. The zero-order valence-electron chi connectivity index (χ0n) is 38.7. The Kier molecular flexibility index (Phi) is 15.0. The highest BCUT2D eigenvalue weighted by Crippen LogP contribution is 2.72. The lowest BCUT2D eigenvalue weighted by molar-refractivity contribution is -0.235. The molecule has 0 bridgehead atoms. The number of hydrogen-bond donors (Lipinski definition) is 7. The number of ketones is 2. The number of aliphatic hydroxyl groups excluding tert-OH is 1. The highest BCUT2D eigenvalue weighted by Gasteiger charge is 2.80. The van der Waals surface area contributed by atoms with E-state index in [9.17, 15) is 53.3 Å². The van der Waals surface area contributed by atoms with Crippen LogP contribution in [0.3, 0.4) is 0 Å². The van der Waals surface area contributed by atoms with Crippen LogP contribution in [-0.2, 0) is 53.8 Å². The number of aliphatic hydroxyl groups is 1. The third-order valence-electron chi connectivity index (χ3n) is 14.8. The van der Waals surface area contributed by atoms with Crippen molar-refractivity contribution in [3.05, 3.63) is 89.0 Å². The number of hydrogen-bond acceptors (Lipinski definition) is 12. The maximum Gasteiger partial charge on any atom is 0.470 e. The number of carbonyl (C=O) groups is 6. The average molecular weight is 1000 g/mol. The zero-order chi connectivity index (χ0) is 50.4. The van der Waals surface area contributed by atoms with E-state index in [1.807, 2.05) is 19.9 Å². The van der Waals surface area contributed by atoms with Gasteiger partial charge in [-0.2, -0.15) is 0 Å². The second-order valence-corrected chi connectivity index (χ2v) is 22.0. The van der Waals surface area contributed by atoms with Gasteiger partial charge in [-0.05, 0) is 92.9 Å². The summed E-state index contributed by atoms with van der Waals surface area (Å²) in [7, 11) is -5.16. The molecule has 4 aliphatic carbocycles. The number of aliphatic carboxylic acids is 1. The van der Waals surface area contributed by atoms with E-state index in [1.54, 1.807) is 49.4 Å². The predicted molar refractivity (Wildman–Crippen MR) is 247 cm³/mol. The first-order chi connectivity index (χ1) is 32.3. The molecule has 69 heavy (non-hydrogen) atoms. The maximum atomic E-state index is 17.9. The highest BCUT2D eigenvalue weighted by molar-refractivity contribution is 8.01. The molecule has 374 valence electrons. The molecule has 3 unspecified atom stereocenters. The van der Waals surface area contributed by atoms with Gasteiger partial charge < -0.3 is 45.4 Å². The molecule has 5 aliphatic rings. The highest BCUT2D eigenvalue weighted by atomic mass is 32.2. The van der Waals surface area contributed by atoms with Crippen LogP contribution in [0.2, 0.25) is 0 Å². The number of Topliss-reactive ketones (excluding diaryl/α,β-unsaturated/α-hetero) is 1. The van der Waals surface area contributed by atoms with E-state index in [0.29, 0.717) is 17.7 Å². The molecule has 0 spiro atoms. The first-order valence-electron chi connectivity index (χ1n) is 22.8. The first-order valence-corrected chi connectivity index (χ1v) is 25.3. The van der Waals surface area contributed by atoms with Crippen molar-refractivity contribution in [2.24, 2.45) is 22.7 Å². The predicted octanol–water partition coefficient (Wildman–Crippen LogP) is 4.97. The number of nitrogens with one attached hydrogen (secondary N) is 3. The summed E-state index contributed by atoms with van der Waals surface area (Å²) in [6.07, 6.45) is -2.39. The van der Waals surface area contributed by atoms with E-state index in [2.05, 4.69) is 20.5 Å². The van der Waals surface area contributed by atoms with Crippen molar-refractivity contribution < 1.29 is 76.1 Å². The summed E-state index contributed by atoms with van der Waals surface area (Å²) in [5.41, 5.74) is -5.15. The smallest absolute Gasteiger partial charge is 0.470 e. The summed E-state index contributed by atoms with van der Waals surface area (Å²) in [6.45, 7) is 6.79. The van der Waals surface area contributed by atoms with Gasteiger partial charge in [-0.15, -0.1) is 11.8 Å². The number of carbonyl (C=O) groups excluding carboxylic acids is 5. The monoisotopic (exact) mass is 1000 g/mol. The summed E-state index contributed by atoms with van der Waals surface area (Å²) in [6, 6.07) is 13.0. The molecule has 0 radical (unpaired) electrons. The minimum atomic E-state index is -5.16. The fraction of sp³-hybridized carbons (Fsp3) is 0.542. The van der Waals surface area contributed by atoms with E-state index in [1.165, 1.54) is 31.7 Å². The lowest BCUT2D eigenvalue weighted by Gasteiger charge is -2.63. The Hall–Kier alpha value is -4.66. The van der Waals surface area contributed by atoms with Gasteiger partial charge in [0.2, 0.25) is 17.7 Å². The normalized spacial score (nSPS) is 32.6. The zero-order valence-corrected chi connectivity index (χ0v) is 40.4. The Bertz CT molecular complexity index is 2490. The third-order valence-corrected chi connectivity index (χ3v) is 16.8. The van der Waals surface area contributed by atoms with Gasteiger partial charge in [0.15, 0.2) is 29.1 Å². The van der Waals surface area contributed by atoms with Crippen LogP contribution in [0, 0.1) is 22.7 Å². The fourth-order valence-corrected chi connectivity index (χ4v) is 12.7. The molecule has 7 rings (SSSR count). The van der Waals surface area contributed by atoms with Crippen molar-refractivity contribution in [1.29, 1.82) is 0 Å². The number of phosphoric acid groups is 1. The van der Waals surface area contributed by atoms with Crippen LogP contribution >= 0.6 is 19.6 Å². The van der Waals surface area contributed by atoms with Gasteiger partial charge >= 0.3 is 13.8 Å². The molecule has 0 aromatic heterocycles. The van der Waals surface area contributed by atoms with Crippen LogP contribution in [0.1, 0.15) is 89.7 Å². The number of thioether (sulfide) groups is 1. The minimum absolute atomic E-state index is 0.0228. The number of alkyl halides is 2. The molecule has 3 saturated carbocycles. The number of carboxylic acid groups (broad SMARTS) is 1. The van der Waals surface area contributed by atoms with Crippen molar-refractivity contribution >= 4 is 60.5 Å². The van der Waals surface area contributed by atoms with Crippen molar-refractivity contribution in [2.45, 2.75) is 126 Å². The minimum Gasteiger partial charge on any atom is -0.481 e. The molecule has 7 N–H and O–H groups in total. The van der Waals surface area contributed by atoms with Crippen LogP contribution in [0.4, 0.5) is 14.5 Å². The van der Waals surface area contributed by atoms with Gasteiger partial charge in [0.05, 0.1) is 30.4 Å². The van der Waals surface area contributed by atoms with Crippen LogP contribution < -0.4 is 16.0 Å². The Morgan fingerprint density at radius 3 is 2.39 bits per heavy atom. The average Bonchev–Trinajstić information content (AvgIpc) is 3.79. The second-order valence-electron chi connectivity index (χ2n) is 19.1. The molecule has 21 heteroatoms. The Labute approximate surface area is 401 Å². The summed E-state index contributed by atoms with van der Waals surface area (Å²) in [5, 5.41) is 28.0. The number of allylic oxidation sites excluding steroid dienone is 4. The van der Waals surface area contributed by atoms with Gasteiger partial charge in [0.25, 0.3) is 0 Å². The summed E-state index contributed by atoms with van der Waals surface area (Å²) in [4.78, 5) is 95.4. The van der Waals surface area contributed by atoms with Crippen LogP contribution in [0.25, 0.3) is 0 Å². The molecule has 17 nitrogen and oxygen atoms in total. The van der Waals surface area contributed by atoms with E-state index >= 15 is 8.78 Å². The lowest BCUT2D eigenvalue weighted by atomic mass is 9.44. The Morgan fingerprint density at radius 2 is 1.72 bits per heavy atom. The van der Waals surface area contributed by atoms with E-state index in [-0.39, 0.29) is 23.7 Å². The van der Waals surface area contributed by atoms with Gasteiger partial charge in [-0.1, -0.05) is 63.2 Å². The number of anilines is 1. The summed E-state index contributed by atoms with van der Waals surface area (Å²) < 4.78 is 63.5. The number of rotatable bonds is 18. The van der Waals surface area contributed by atoms with Gasteiger partial charge in [-0.3, -0.25) is 33.3 Å². The van der Waals surface area contributed by atoms with E-state index in [4.69, 9.17) is 9.47 Å². The molecule has 3 amide bonds. The number of amides is 3. The molecule has 2 aromatic carbocycles. The topological polar surface area (TPSA) is 264 Å². The first kappa shape index (κ1) is 52.2. The Morgan fingerprint density at radius 1 is 1.01 bits per heavy atom. The standard InChI is InChI=1S/C48H58F2N3O14PS/c1-6-25(2)69-36(21-41(58)59)43(61)51-23-40(57)52-26(3)42(60)53-30-9-7-8-28(17-30)16-27-10-12-29(13-11-27)44-66-39-20-32-33-19-35(49)34-18-31(54)14-15-45(34,4)47(33,50)37(55)22-46(32,5)48(39,67-44)38(56)24-65-68(62,63)64/h7-15,17-18,25-26,32-33,35-37,39,44,55H,6,16,19-24H2,1-5H3,(H,51,61)(H,52,57)(H,53,60)(H,58,59)(H2,62,63,64)/t25?,26-,32?,33-,35-,36?,37-,39+,44+,45-,46-,47-,48+/m0/s1. The number of halogens is 2. The van der Waals surface area contributed by atoms with E-state index in [0.717, 1.165) is 29.7 Å². The SMILES string of the molecule is CCC(C)SC(CC(=O)O)C(=O)NCC(=O)N[C@@H](C)C(=O)Nc1cccc(Cc2ccc([C@@H]3O[C@@H]4CC5[C@@H]6C[C@H](F)C7=CC(=O)C=C[C@]7(C)[C@@]6(F)[C@@H](O)C[C@]5(C)[C@]4(C(=O)COP(=O)(O)O)O3)cc2)c1. The van der Waals surface area contributed by atoms with Crippen molar-refractivity contribution in [2.75, 3.05) is 18.5 Å². The summed E-state index contributed by atoms with van der Waals surface area (Å²) >= 11 is 1.21. The largest absolute Gasteiger partial charge is 0.481 e. The van der Waals surface area contributed by atoms with Gasteiger partial charge in [-0.25, -0.2) is 13.3 Å². The molecule has 1 saturated heterocycles. The molecule has 13 atom stereocenters. The van der Waals surface area contributed by atoms with Crippen LogP contribution in [-0.4, -0.2) is 115 Å². The molecule has 1 heterocycles. The Balaban J connectivity index is 1.01. The number of benzene rings is 2. The summed E-state index contributed by atoms with van der Waals surface area (Å²) in [5.74, 6) is -6.31. The van der Waals surface area contributed by atoms with Crippen LogP contribution in [0.15, 0.2) is 72.3 Å². The van der Waals surface area contributed by atoms with Crippen LogP contribution in [0.5, 0.6) is 0 Å². The molecule has 4 fully saturated rings. The van der Waals surface area contributed by atoms with E-state index < -0.39 is 139 Å². The van der Waals surface area contributed by atoms with Crippen molar-refractivity contribution in [3.8, 4) is 0 Å². The van der Waals surface area contributed by atoms with Gasteiger partial charge in [0.1, 0.15) is 18.8 Å². The molecule has 2 aromatic rings. The fourth-order valence-electron chi connectivity index (χ4n) is 11.3.